The van der Waals surface area contributed by atoms with E-state index in [1.54, 1.807) is 25.1 Å². The molecule has 7 nitrogen and oxygen atoms in total. The molecule has 2 aliphatic heterocycles. The number of halogens is 2. The lowest BCUT2D eigenvalue weighted by Gasteiger charge is -2.42. The normalized spacial score (nSPS) is 23.0. The maximum atomic E-state index is 13.5. The van der Waals surface area contributed by atoms with E-state index in [1.165, 1.54) is 4.57 Å². The zero-order valence-corrected chi connectivity index (χ0v) is 19.3. The number of hydrogen-bond acceptors (Lipinski definition) is 6. The molecule has 0 amide bonds. The van der Waals surface area contributed by atoms with Gasteiger partial charge >= 0.3 is 0 Å². The van der Waals surface area contributed by atoms with Crippen LogP contribution in [0.15, 0.2) is 23.0 Å². The van der Waals surface area contributed by atoms with Crippen LogP contribution < -0.4 is 16.2 Å². The van der Waals surface area contributed by atoms with Gasteiger partial charge in [0.1, 0.15) is 11.6 Å². The number of anilines is 1. The molecule has 2 aliphatic rings. The van der Waals surface area contributed by atoms with Crippen LogP contribution in [0.4, 0.5) is 5.82 Å². The molecule has 2 aromatic rings. The second kappa shape index (κ2) is 8.71. The highest BCUT2D eigenvalue weighted by Crippen LogP contribution is 2.42. The van der Waals surface area contributed by atoms with E-state index in [0.29, 0.717) is 39.5 Å². The van der Waals surface area contributed by atoms with Gasteiger partial charge in [-0.1, -0.05) is 29.3 Å². The van der Waals surface area contributed by atoms with Crippen LogP contribution in [0.2, 0.25) is 10.0 Å². The third-order valence-corrected chi connectivity index (χ3v) is 7.57. The molecule has 0 bridgehead atoms. The monoisotopic (exact) mass is 466 g/mol. The Morgan fingerprint density at radius 2 is 2.03 bits per heavy atom. The number of rotatable bonds is 4. The maximum absolute atomic E-state index is 13.5. The molecule has 0 unspecified atom stereocenters. The van der Waals surface area contributed by atoms with Gasteiger partial charge in [-0.3, -0.25) is 9.36 Å². The summed E-state index contributed by atoms with van der Waals surface area (Å²) in [6.07, 6.45) is 2.02. The number of aliphatic hydroxyl groups is 1. The van der Waals surface area contributed by atoms with Crippen LogP contribution >= 0.6 is 23.2 Å². The second-order valence-corrected chi connectivity index (χ2v) is 9.32. The average Bonchev–Trinajstić information content (AvgIpc) is 3.02. The number of nitrogens with two attached hydrogens (primary N) is 1. The zero-order valence-electron chi connectivity index (χ0n) is 17.8. The molecule has 0 aliphatic carbocycles. The summed E-state index contributed by atoms with van der Waals surface area (Å²) in [5.74, 6) is 1.14. The first-order valence-corrected chi connectivity index (χ1v) is 11.3. The lowest BCUT2D eigenvalue weighted by molar-refractivity contribution is 0.0974. The molecule has 168 valence electrons. The van der Waals surface area contributed by atoms with Crippen LogP contribution in [-0.4, -0.2) is 53.1 Å². The molecule has 1 spiro atoms. The van der Waals surface area contributed by atoms with Gasteiger partial charge in [-0.05, 0) is 38.8 Å². The van der Waals surface area contributed by atoms with Crippen molar-refractivity contribution in [2.75, 3.05) is 31.2 Å². The van der Waals surface area contributed by atoms with Crippen LogP contribution in [-0.2, 0) is 11.2 Å². The van der Waals surface area contributed by atoms with Crippen LogP contribution in [0, 0.1) is 12.3 Å². The Labute approximate surface area is 191 Å². The Morgan fingerprint density at radius 3 is 2.65 bits per heavy atom. The van der Waals surface area contributed by atoms with Crippen LogP contribution in [0.1, 0.15) is 31.2 Å². The van der Waals surface area contributed by atoms with Gasteiger partial charge in [0.15, 0.2) is 0 Å². The lowest BCUT2D eigenvalue weighted by Crippen LogP contribution is -2.51. The van der Waals surface area contributed by atoms with Gasteiger partial charge in [0.25, 0.3) is 5.56 Å². The second-order valence-electron chi connectivity index (χ2n) is 8.54. The van der Waals surface area contributed by atoms with Crippen LogP contribution in [0.3, 0.4) is 0 Å². The Morgan fingerprint density at radius 1 is 1.32 bits per heavy atom. The number of benzene rings is 1. The van der Waals surface area contributed by atoms with E-state index in [0.717, 1.165) is 25.9 Å². The first-order valence-electron chi connectivity index (χ1n) is 10.6. The summed E-state index contributed by atoms with van der Waals surface area (Å²) in [6, 6.07) is 5.17. The number of ether oxygens (including phenoxy) is 1. The quantitative estimate of drug-likeness (QED) is 0.719. The minimum Gasteiger partial charge on any atom is -0.396 e. The van der Waals surface area contributed by atoms with Crippen molar-refractivity contribution >= 4 is 29.0 Å². The van der Waals surface area contributed by atoms with Crippen molar-refractivity contribution in [1.29, 1.82) is 0 Å². The van der Waals surface area contributed by atoms with Gasteiger partial charge < -0.3 is 20.5 Å². The predicted octanol–water partition coefficient (Wildman–Crippen LogP) is 2.72. The molecule has 1 aromatic carbocycles. The lowest BCUT2D eigenvalue weighted by atomic mass is 9.73. The first kappa shape index (κ1) is 22.6. The Balaban J connectivity index is 1.71. The van der Waals surface area contributed by atoms with Gasteiger partial charge in [-0.2, -0.15) is 0 Å². The largest absolute Gasteiger partial charge is 0.396 e. The summed E-state index contributed by atoms with van der Waals surface area (Å²) in [7, 11) is 0. The van der Waals surface area contributed by atoms with E-state index in [-0.39, 0.29) is 36.1 Å². The van der Waals surface area contributed by atoms with E-state index in [2.05, 4.69) is 4.90 Å². The molecule has 1 aromatic heterocycles. The molecule has 2 fully saturated rings. The summed E-state index contributed by atoms with van der Waals surface area (Å²) in [4.78, 5) is 20.4. The third kappa shape index (κ3) is 3.87. The standard InChI is InChI=1S/C22H28Cl2N4O3/c1-13-19(25)22(12-31-13)7-9-27(10-8-22)20-15(6-11-29)21(30)28(14(2)26-20)17-5-3-4-16(23)18(17)24/h3-5,13,19,29H,6-12,25H2,1-2H3/t13-,19+/m0/s1. The number of aryl methyl sites for hydroxylation is 1. The van der Waals surface area contributed by atoms with Gasteiger partial charge in [-0.25, -0.2) is 4.98 Å². The molecule has 2 saturated heterocycles. The van der Waals surface area contributed by atoms with E-state index < -0.39 is 0 Å². The molecule has 3 heterocycles. The molecule has 4 rings (SSSR count). The smallest absolute Gasteiger partial charge is 0.263 e. The molecule has 3 N–H and O–H groups in total. The molecular weight excluding hydrogens is 439 g/mol. The van der Waals surface area contributed by atoms with Crippen molar-refractivity contribution in [2.24, 2.45) is 11.1 Å². The molecular formula is C22H28Cl2N4O3. The summed E-state index contributed by atoms with van der Waals surface area (Å²) in [5.41, 5.74) is 7.13. The Bertz CT molecular complexity index is 1030. The van der Waals surface area contributed by atoms with Crippen molar-refractivity contribution in [3.05, 3.63) is 50.0 Å². The van der Waals surface area contributed by atoms with Gasteiger partial charge in [0.05, 0.1) is 34.0 Å². The van der Waals surface area contributed by atoms with Crippen molar-refractivity contribution in [1.82, 2.24) is 9.55 Å². The Hall–Kier alpha value is -1.64. The number of aliphatic hydroxyl groups excluding tert-OH is 1. The third-order valence-electron chi connectivity index (χ3n) is 6.76. The highest BCUT2D eigenvalue weighted by atomic mass is 35.5. The highest BCUT2D eigenvalue weighted by Gasteiger charge is 2.47. The van der Waals surface area contributed by atoms with Crippen LogP contribution in [0.25, 0.3) is 5.69 Å². The molecule has 0 saturated carbocycles. The molecule has 9 heteroatoms. The minimum absolute atomic E-state index is 0.0132. The first-order chi connectivity index (χ1) is 14.8. The van der Waals surface area contributed by atoms with Gasteiger partial charge in [-0.15, -0.1) is 0 Å². The summed E-state index contributed by atoms with van der Waals surface area (Å²) in [6.45, 7) is 5.79. The predicted molar refractivity (Wildman–Crippen MR) is 123 cm³/mol. The van der Waals surface area contributed by atoms with Crippen molar-refractivity contribution < 1.29 is 9.84 Å². The number of aromatic nitrogens is 2. The summed E-state index contributed by atoms with van der Waals surface area (Å²) >= 11 is 12.5. The summed E-state index contributed by atoms with van der Waals surface area (Å²) in [5, 5.41) is 10.3. The maximum Gasteiger partial charge on any atom is 0.263 e. The van der Waals surface area contributed by atoms with Gasteiger partial charge in [0.2, 0.25) is 0 Å². The van der Waals surface area contributed by atoms with Crippen molar-refractivity contribution in [3.8, 4) is 5.69 Å². The van der Waals surface area contributed by atoms with Crippen molar-refractivity contribution in [2.45, 2.75) is 45.3 Å². The zero-order chi connectivity index (χ0) is 22.3. The fourth-order valence-corrected chi connectivity index (χ4v) is 5.21. The van der Waals surface area contributed by atoms with Gasteiger partial charge in [0, 0.05) is 37.6 Å². The van der Waals surface area contributed by atoms with E-state index in [9.17, 15) is 9.90 Å². The molecule has 31 heavy (non-hydrogen) atoms. The number of nitrogens with zero attached hydrogens (tertiary/aromatic N) is 3. The van der Waals surface area contributed by atoms with Crippen molar-refractivity contribution in [3.63, 3.8) is 0 Å². The average molecular weight is 467 g/mol. The van der Waals surface area contributed by atoms with Crippen LogP contribution in [0.5, 0.6) is 0 Å². The van der Waals surface area contributed by atoms with E-state index in [1.807, 2.05) is 6.92 Å². The molecule has 0 radical (unpaired) electrons. The summed E-state index contributed by atoms with van der Waals surface area (Å²) < 4.78 is 7.29. The Kier molecular flexibility index (Phi) is 6.34. The number of piperidine rings is 1. The fourth-order valence-electron chi connectivity index (χ4n) is 4.83. The SMILES string of the molecule is Cc1nc(N2CCC3(CC2)CO[C@@H](C)[C@H]3N)c(CCO)c(=O)n1-c1cccc(Cl)c1Cl. The topological polar surface area (TPSA) is 93.6 Å². The number of hydrogen-bond donors (Lipinski definition) is 2. The molecule has 2 atom stereocenters. The minimum atomic E-state index is -0.240. The van der Waals surface area contributed by atoms with E-state index in [4.69, 9.17) is 38.7 Å². The fraction of sp³-hybridized carbons (Fsp3) is 0.545. The van der Waals surface area contributed by atoms with E-state index >= 15 is 0 Å². The highest BCUT2D eigenvalue weighted by molar-refractivity contribution is 6.43.